The Balaban J connectivity index is 3.42. The molecule has 0 fully saturated rings. The van der Waals surface area contributed by atoms with Gasteiger partial charge in [0.25, 0.3) is 0 Å². The van der Waals surface area contributed by atoms with Crippen LogP contribution in [0.3, 0.4) is 0 Å². The third-order valence-electron chi connectivity index (χ3n) is 1.54. The second kappa shape index (κ2) is 6.46. The van der Waals surface area contributed by atoms with Crippen LogP contribution in [-0.2, 0) is 9.59 Å². The summed E-state index contributed by atoms with van der Waals surface area (Å²) in [5.74, 6) is -0.00347. The van der Waals surface area contributed by atoms with E-state index in [9.17, 15) is 9.59 Å². The summed E-state index contributed by atoms with van der Waals surface area (Å²) in [6.45, 7) is 3.83. The molecule has 0 radical (unpaired) electrons. The second-order valence-electron chi connectivity index (χ2n) is 3.25. The molecular weight excluding hydrogens is 168 g/mol. The van der Waals surface area contributed by atoms with E-state index in [2.05, 4.69) is 10.6 Å². The van der Waals surface area contributed by atoms with Gasteiger partial charge in [-0.15, -0.1) is 0 Å². The number of nitrogens with one attached hydrogen (secondary N) is 2. The van der Waals surface area contributed by atoms with Crippen molar-refractivity contribution in [3.8, 4) is 0 Å². The minimum atomic E-state index is -0.0163. The molecule has 13 heavy (non-hydrogen) atoms. The lowest BCUT2D eigenvalue weighted by atomic mass is 10.2. The molecule has 0 heterocycles. The number of amides is 2. The Kier molecular flexibility index (Phi) is 5.93. The molecule has 0 aromatic rings. The first-order valence-electron chi connectivity index (χ1n) is 4.56. The summed E-state index contributed by atoms with van der Waals surface area (Å²) < 4.78 is 0. The number of hydrogen-bond acceptors (Lipinski definition) is 2. The molecule has 0 spiro atoms. The van der Waals surface area contributed by atoms with Gasteiger partial charge in [0.1, 0.15) is 0 Å². The predicted octanol–water partition coefficient (Wildman–Crippen LogP) is 0.427. The monoisotopic (exact) mass is 186 g/mol. The van der Waals surface area contributed by atoms with Crippen molar-refractivity contribution >= 4 is 11.8 Å². The molecule has 2 amide bonds. The smallest absolute Gasteiger partial charge is 0.220 e. The molecule has 4 nitrogen and oxygen atoms in total. The number of carbonyl (C=O) groups excluding carboxylic acids is 2. The largest absolute Gasteiger partial charge is 0.359 e. The summed E-state index contributed by atoms with van der Waals surface area (Å²) in [5.41, 5.74) is 0. The van der Waals surface area contributed by atoms with Gasteiger partial charge in [-0.2, -0.15) is 0 Å². The third kappa shape index (κ3) is 7.31. The van der Waals surface area contributed by atoms with E-state index in [0.717, 1.165) is 0 Å². The van der Waals surface area contributed by atoms with Crippen LogP contribution in [-0.4, -0.2) is 24.9 Å². The van der Waals surface area contributed by atoms with Crippen LogP contribution in [0.1, 0.15) is 33.1 Å². The van der Waals surface area contributed by atoms with Crippen LogP contribution in [0, 0.1) is 0 Å². The highest BCUT2D eigenvalue weighted by atomic mass is 16.2. The van der Waals surface area contributed by atoms with Crippen molar-refractivity contribution in [1.82, 2.24) is 10.6 Å². The van der Waals surface area contributed by atoms with Gasteiger partial charge in [0.05, 0.1) is 0 Å². The number of hydrogen-bond donors (Lipinski definition) is 2. The molecule has 76 valence electrons. The van der Waals surface area contributed by atoms with Gasteiger partial charge in [0.15, 0.2) is 0 Å². The zero-order valence-electron chi connectivity index (χ0n) is 8.52. The van der Waals surface area contributed by atoms with Gasteiger partial charge in [0.2, 0.25) is 11.8 Å². The van der Waals surface area contributed by atoms with E-state index >= 15 is 0 Å². The van der Waals surface area contributed by atoms with Gasteiger partial charge in [-0.25, -0.2) is 0 Å². The quantitative estimate of drug-likeness (QED) is 0.654. The second-order valence-corrected chi connectivity index (χ2v) is 3.25. The van der Waals surface area contributed by atoms with Crippen molar-refractivity contribution in [2.75, 3.05) is 7.05 Å². The van der Waals surface area contributed by atoms with Crippen LogP contribution in [0.5, 0.6) is 0 Å². The van der Waals surface area contributed by atoms with E-state index in [-0.39, 0.29) is 17.9 Å². The van der Waals surface area contributed by atoms with Crippen molar-refractivity contribution in [2.24, 2.45) is 0 Å². The Morgan fingerprint density at radius 3 is 2.15 bits per heavy atom. The predicted molar refractivity (Wildman–Crippen MR) is 51.2 cm³/mol. The molecule has 0 aliphatic carbocycles. The van der Waals surface area contributed by atoms with E-state index < -0.39 is 0 Å². The zero-order chi connectivity index (χ0) is 10.3. The highest BCUT2D eigenvalue weighted by molar-refractivity contribution is 5.78. The first-order valence-corrected chi connectivity index (χ1v) is 4.56. The van der Waals surface area contributed by atoms with Gasteiger partial charge in [0, 0.05) is 25.9 Å². The zero-order valence-corrected chi connectivity index (χ0v) is 8.52. The molecule has 0 atom stereocenters. The first kappa shape index (κ1) is 11.9. The van der Waals surface area contributed by atoms with Crippen LogP contribution in [0.15, 0.2) is 0 Å². The standard InChI is InChI=1S/C9H18N2O2/c1-7(2)11-9(13)6-4-5-8(12)10-3/h7H,4-6H2,1-3H3,(H,10,12)(H,11,13). The van der Waals surface area contributed by atoms with E-state index in [1.165, 1.54) is 0 Å². The molecule has 0 aliphatic heterocycles. The number of rotatable bonds is 5. The van der Waals surface area contributed by atoms with Crippen LogP contribution < -0.4 is 10.6 Å². The van der Waals surface area contributed by atoms with Gasteiger partial charge in [-0.05, 0) is 20.3 Å². The molecule has 0 bridgehead atoms. The lowest BCUT2D eigenvalue weighted by Crippen LogP contribution is -2.30. The summed E-state index contributed by atoms with van der Waals surface area (Å²) in [6.07, 6.45) is 1.45. The minimum absolute atomic E-state index is 0.0129. The van der Waals surface area contributed by atoms with Crippen molar-refractivity contribution in [3.63, 3.8) is 0 Å². The Bertz CT molecular complexity index is 178. The first-order chi connectivity index (χ1) is 6.06. The summed E-state index contributed by atoms with van der Waals surface area (Å²) in [7, 11) is 1.59. The van der Waals surface area contributed by atoms with Crippen molar-refractivity contribution < 1.29 is 9.59 Å². The average molecular weight is 186 g/mol. The van der Waals surface area contributed by atoms with Crippen molar-refractivity contribution in [1.29, 1.82) is 0 Å². The fourth-order valence-electron chi connectivity index (χ4n) is 0.929. The lowest BCUT2D eigenvalue weighted by Gasteiger charge is -2.07. The summed E-state index contributed by atoms with van der Waals surface area (Å²) >= 11 is 0. The summed E-state index contributed by atoms with van der Waals surface area (Å²) in [6, 6.07) is 0.174. The highest BCUT2D eigenvalue weighted by Crippen LogP contribution is 1.95. The van der Waals surface area contributed by atoms with Gasteiger partial charge in [-0.1, -0.05) is 0 Å². The molecule has 0 unspecified atom stereocenters. The van der Waals surface area contributed by atoms with Crippen LogP contribution in [0.25, 0.3) is 0 Å². The molecule has 0 saturated heterocycles. The number of carbonyl (C=O) groups is 2. The minimum Gasteiger partial charge on any atom is -0.359 e. The van der Waals surface area contributed by atoms with Gasteiger partial charge >= 0.3 is 0 Å². The topological polar surface area (TPSA) is 58.2 Å². The van der Waals surface area contributed by atoms with Crippen LogP contribution in [0.2, 0.25) is 0 Å². The average Bonchev–Trinajstić information content (AvgIpc) is 2.02. The van der Waals surface area contributed by atoms with E-state index in [1.807, 2.05) is 13.8 Å². The van der Waals surface area contributed by atoms with E-state index in [0.29, 0.717) is 19.3 Å². The Hall–Kier alpha value is -1.06. The van der Waals surface area contributed by atoms with Crippen LogP contribution in [0.4, 0.5) is 0 Å². The fourth-order valence-corrected chi connectivity index (χ4v) is 0.929. The maximum Gasteiger partial charge on any atom is 0.220 e. The molecule has 0 saturated carbocycles. The summed E-state index contributed by atoms with van der Waals surface area (Å²) in [4.78, 5) is 21.9. The Labute approximate surface area is 79.1 Å². The van der Waals surface area contributed by atoms with Crippen molar-refractivity contribution in [2.45, 2.75) is 39.2 Å². The highest BCUT2D eigenvalue weighted by Gasteiger charge is 2.04. The SMILES string of the molecule is CNC(=O)CCCC(=O)NC(C)C. The molecule has 0 rings (SSSR count). The third-order valence-corrected chi connectivity index (χ3v) is 1.54. The van der Waals surface area contributed by atoms with Crippen molar-refractivity contribution in [3.05, 3.63) is 0 Å². The molecule has 0 aromatic heterocycles. The summed E-state index contributed by atoms with van der Waals surface area (Å²) in [5, 5.41) is 5.27. The molecular formula is C9H18N2O2. The lowest BCUT2D eigenvalue weighted by molar-refractivity contribution is -0.122. The maximum atomic E-state index is 11.1. The molecule has 2 N–H and O–H groups in total. The van der Waals surface area contributed by atoms with Gasteiger partial charge < -0.3 is 10.6 Å². The van der Waals surface area contributed by atoms with E-state index in [1.54, 1.807) is 7.05 Å². The maximum absolute atomic E-state index is 11.1. The normalized spacial score (nSPS) is 9.85. The molecule has 4 heteroatoms. The molecule has 0 aliphatic rings. The van der Waals surface area contributed by atoms with Gasteiger partial charge in [-0.3, -0.25) is 9.59 Å². The Morgan fingerprint density at radius 2 is 1.69 bits per heavy atom. The van der Waals surface area contributed by atoms with E-state index in [4.69, 9.17) is 0 Å². The molecule has 0 aromatic carbocycles. The van der Waals surface area contributed by atoms with Crippen LogP contribution >= 0.6 is 0 Å². The fraction of sp³-hybridized carbons (Fsp3) is 0.778. The Morgan fingerprint density at radius 1 is 1.15 bits per heavy atom.